The van der Waals surface area contributed by atoms with Gasteiger partial charge in [0.25, 0.3) is 0 Å². The van der Waals surface area contributed by atoms with Crippen LogP contribution in [0, 0.1) is 0 Å². The van der Waals surface area contributed by atoms with Crippen LogP contribution < -0.4 is 0 Å². The van der Waals surface area contributed by atoms with Crippen LogP contribution in [-0.4, -0.2) is 28.2 Å². The van der Waals surface area contributed by atoms with E-state index in [1.54, 1.807) is 38.4 Å². The number of benzene rings is 1. The maximum Gasteiger partial charge on any atom is 0.246 e. The molecule has 0 saturated heterocycles. The number of hydrogen-bond acceptors (Lipinski definition) is 6. The van der Waals surface area contributed by atoms with Crippen LogP contribution in [0.5, 0.6) is 0 Å². The lowest BCUT2D eigenvalue weighted by molar-refractivity contribution is 0.577. The van der Waals surface area contributed by atoms with Crippen LogP contribution in [0.15, 0.2) is 62.9 Å². The molecule has 0 aliphatic rings. The van der Waals surface area contributed by atoms with Gasteiger partial charge in [-0.05, 0) is 50.2 Å². The highest BCUT2D eigenvalue weighted by Crippen LogP contribution is 2.37. The molecule has 0 amide bonds. The van der Waals surface area contributed by atoms with Gasteiger partial charge in [0, 0.05) is 34.2 Å². The van der Waals surface area contributed by atoms with Gasteiger partial charge in [0.05, 0.1) is 4.90 Å². The molecule has 1 aromatic carbocycles. The molecular formula is C17H15ClN2O3S3. The Balaban J connectivity index is 2.18. The second-order valence-electron chi connectivity index (χ2n) is 5.66. The van der Waals surface area contributed by atoms with Crippen LogP contribution in [0.3, 0.4) is 0 Å². The SMILES string of the molecule is CC(C)[S+]([O-])c1sc(-c2cccnc2)nc1S(=O)(=O)c1ccc(Cl)cc1. The molecule has 26 heavy (non-hydrogen) atoms. The summed E-state index contributed by atoms with van der Waals surface area (Å²) < 4.78 is 39.1. The van der Waals surface area contributed by atoms with E-state index in [1.807, 2.05) is 0 Å². The number of sulfone groups is 1. The Morgan fingerprint density at radius 3 is 2.46 bits per heavy atom. The van der Waals surface area contributed by atoms with Gasteiger partial charge in [-0.1, -0.05) is 22.9 Å². The summed E-state index contributed by atoms with van der Waals surface area (Å²) >= 11 is 5.47. The smallest absolute Gasteiger partial charge is 0.246 e. The van der Waals surface area contributed by atoms with Gasteiger partial charge in [-0.25, -0.2) is 13.4 Å². The predicted octanol–water partition coefficient (Wildman–Crippen LogP) is 4.21. The highest BCUT2D eigenvalue weighted by molar-refractivity contribution is 7.96. The van der Waals surface area contributed by atoms with Gasteiger partial charge in [-0.2, -0.15) is 0 Å². The molecule has 3 aromatic rings. The van der Waals surface area contributed by atoms with Crippen molar-refractivity contribution in [2.75, 3.05) is 0 Å². The summed E-state index contributed by atoms with van der Waals surface area (Å²) in [5.41, 5.74) is 0.678. The van der Waals surface area contributed by atoms with Gasteiger partial charge in [0.1, 0.15) is 10.3 Å². The summed E-state index contributed by atoms with van der Waals surface area (Å²) in [7, 11) is -3.92. The van der Waals surface area contributed by atoms with Gasteiger partial charge < -0.3 is 4.55 Å². The van der Waals surface area contributed by atoms with Gasteiger partial charge >= 0.3 is 0 Å². The normalized spacial score (nSPS) is 13.1. The van der Waals surface area contributed by atoms with E-state index in [9.17, 15) is 13.0 Å². The van der Waals surface area contributed by atoms with E-state index in [4.69, 9.17) is 11.6 Å². The minimum absolute atomic E-state index is 0.0620. The van der Waals surface area contributed by atoms with Crippen molar-refractivity contribution < 1.29 is 13.0 Å². The second kappa shape index (κ2) is 7.66. The maximum absolute atomic E-state index is 13.1. The molecule has 2 heterocycles. The monoisotopic (exact) mass is 426 g/mol. The highest BCUT2D eigenvalue weighted by atomic mass is 35.5. The lowest BCUT2D eigenvalue weighted by Crippen LogP contribution is -2.16. The van der Waals surface area contributed by atoms with Crippen LogP contribution in [0.25, 0.3) is 10.6 Å². The summed E-state index contributed by atoms with van der Waals surface area (Å²) in [6.07, 6.45) is 3.22. The van der Waals surface area contributed by atoms with Crippen molar-refractivity contribution in [1.82, 2.24) is 9.97 Å². The van der Waals surface area contributed by atoms with Gasteiger partial charge in [-0.15, -0.1) is 0 Å². The Morgan fingerprint density at radius 2 is 1.88 bits per heavy atom. The summed E-state index contributed by atoms with van der Waals surface area (Å²) in [4.78, 5) is 8.42. The van der Waals surface area contributed by atoms with Gasteiger partial charge in [0.15, 0.2) is 0 Å². The first kappa shape index (κ1) is 19.3. The fourth-order valence-corrected chi connectivity index (χ4v) is 6.98. The zero-order valence-electron chi connectivity index (χ0n) is 13.9. The molecule has 9 heteroatoms. The summed E-state index contributed by atoms with van der Waals surface area (Å²) in [6, 6.07) is 9.37. The topological polar surface area (TPSA) is 83.0 Å². The molecule has 2 aromatic heterocycles. The minimum Gasteiger partial charge on any atom is -0.611 e. The molecule has 0 spiro atoms. The Labute approximate surface area is 164 Å². The van der Waals surface area contributed by atoms with Crippen LogP contribution in [0.1, 0.15) is 13.8 Å². The van der Waals surface area contributed by atoms with Crippen molar-refractivity contribution in [3.63, 3.8) is 0 Å². The third-order valence-electron chi connectivity index (χ3n) is 3.46. The molecular weight excluding hydrogens is 412 g/mol. The number of rotatable bonds is 5. The Bertz CT molecular complexity index is 1000. The highest BCUT2D eigenvalue weighted by Gasteiger charge is 2.34. The van der Waals surface area contributed by atoms with E-state index in [1.165, 1.54) is 24.3 Å². The summed E-state index contributed by atoms with van der Waals surface area (Å²) in [5, 5.41) is 0.492. The van der Waals surface area contributed by atoms with Crippen molar-refractivity contribution in [3.8, 4) is 10.6 Å². The first-order valence-electron chi connectivity index (χ1n) is 7.63. The van der Waals surface area contributed by atoms with Crippen molar-refractivity contribution in [1.29, 1.82) is 0 Å². The lowest BCUT2D eigenvalue weighted by Gasteiger charge is -2.13. The third-order valence-corrected chi connectivity index (χ3v) is 8.73. The second-order valence-corrected chi connectivity index (χ2v) is 11.2. The lowest BCUT2D eigenvalue weighted by atomic mass is 10.3. The molecule has 0 aliphatic heterocycles. The van der Waals surface area contributed by atoms with Crippen molar-refractivity contribution in [3.05, 3.63) is 53.8 Å². The van der Waals surface area contributed by atoms with E-state index < -0.39 is 21.0 Å². The molecule has 1 atom stereocenters. The molecule has 0 radical (unpaired) electrons. The number of halogens is 1. The van der Waals surface area contributed by atoms with Crippen LogP contribution >= 0.6 is 22.9 Å². The maximum atomic E-state index is 13.1. The van der Waals surface area contributed by atoms with Crippen molar-refractivity contribution in [2.45, 2.75) is 33.2 Å². The molecule has 0 N–H and O–H groups in total. The number of thiazole rings is 1. The van der Waals surface area contributed by atoms with E-state index in [0.29, 0.717) is 15.6 Å². The number of nitrogens with zero attached hydrogens (tertiary/aromatic N) is 2. The van der Waals surface area contributed by atoms with Crippen molar-refractivity contribution in [2.24, 2.45) is 0 Å². The zero-order valence-corrected chi connectivity index (χ0v) is 17.1. The molecule has 136 valence electrons. The molecule has 1 unspecified atom stereocenters. The summed E-state index contributed by atoms with van der Waals surface area (Å²) in [5.74, 6) is 0. The van der Waals surface area contributed by atoms with E-state index in [2.05, 4.69) is 9.97 Å². The Morgan fingerprint density at radius 1 is 1.19 bits per heavy atom. The van der Waals surface area contributed by atoms with Gasteiger partial charge in [0.2, 0.25) is 19.1 Å². The fourth-order valence-electron chi connectivity index (χ4n) is 2.14. The molecule has 0 bridgehead atoms. The first-order valence-corrected chi connectivity index (χ1v) is 11.5. The van der Waals surface area contributed by atoms with Crippen LogP contribution in [0.4, 0.5) is 0 Å². The average Bonchev–Trinajstić information content (AvgIpc) is 3.08. The standard InChI is InChI=1S/C17H15ClN2O3S3/c1-11(2)25(21)17-16(20-15(24-17)12-4-3-9-19-10-12)26(22,23)14-7-5-13(18)6-8-14/h3-11H,1-2H3. The molecule has 0 saturated carbocycles. The van der Waals surface area contributed by atoms with E-state index in [-0.39, 0.29) is 19.4 Å². The van der Waals surface area contributed by atoms with Crippen LogP contribution in [0.2, 0.25) is 5.02 Å². The first-order chi connectivity index (χ1) is 12.3. The molecule has 3 rings (SSSR count). The molecule has 0 fully saturated rings. The fraction of sp³-hybridized carbons (Fsp3) is 0.176. The Hall–Kier alpha value is -1.45. The predicted molar refractivity (Wildman–Crippen MR) is 104 cm³/mol. The Kier molecular flexibility index (Phi) is 5.69. The number of aromatic nitrogens is 2. The quantitative estimate of drug-likeness (QED) is 0.570. The minimum atomic E-state index is -3.92. The van der Waals surface area contributed by atoms with E-state index >= 15 is 0 Å². The number of pyridine rings is 1. The third kappa shape index (κ3) is 3.79. The van der Waals surface area contributed by atoms with E-state index in [0.717, 1.165) is 11.3 Å². The van der Waals surface area contributed by atoms with Crippen molar-refractivity contribution >= 4 is 44.0 Å². The average molecular weight is 427 g/mol. The molecule has 0 aliphatic carbocycles. The summed E-state index contributed by atoms with van der Waals surface area (Å²) in [6.45, 7) is 3.55. The number of hydrogen-bond donors (Lipinski definition) is 0. The van der Waals surface area contributed by atoms with Crippen LogP contribution in [-0.2, 0) is 21.0 Å². The zero-order chi connectivity index (χ0) is 18.9. The molecule has 5 nitrogen and oxygen atoms in total. The van der Waals surface area contributed by atoms with Gasteiger partial charge in [-0.3, -0.25) is 4.98 Å². The largest absolute Gasteiger partial charge is 0.611 e.